The van der Waals surface area contributed by atoms with Crippen molar-refractivity contribution in [1.82, 2.24) is 4.98 Å². The third-order valence-corrected chi connectivity index (χ3v) is 2.49. The quantitative estimate of drug-likeness (QED) is 0.530. The van der Waals surface area contributed by atoms with Crippen LogP contribution in [0, 0.1) is 23.0 Å². The van der Waals surface area contributed by atoms with Crippen molar-refractivity contribution in [2.24, 2.45) is 0 Å². The van der Waals surface area contributed by atoms with E-state index < -0.39 is 16.8 Å². The number of aryl methyl sites for hydroxylation is 1. The first-order valence-electron chi connectivity index (χ1n) is 5.66. The number of aromatic nitrogens is 1. The van der Waals surface area contributed by atoms with Gasteiger partial charge in [0.25, 0.3) is 11.6 Å². The van der Waals surface area contributed by atoms with Gasteiger partial charge in [0.2, 0.25) is 5.95 Å². The first kappa shape index (κ1) is 13.6. The molecule has 1 aromatic heterocycles. The average molecular weight is 275 g/mol. The molecule has 0 atom stereocenters. The van der Waals surface area contributed by atoms with E-state index in [0.29, 0.717) is 5.56 Å². The number of halogens is 1. The number of hydrogen-bond donors (Lipinski definition) is 1. The third kappa shape index (κ3) is 3.14. The average Bonchev–Trinajstić information content (AvgIpc) is 2.37. The molecule has 20 heavy (non-hydrogen) atoms. The molecule has 0 spiro atoms. The summed E-state index contributed by atoms with van der Waals surface area (Å²) < 4.78 is 12.9. The monoisotopic (exact) mass is 275 g/mol. The Hall–Kier alpha value is -2.83. The molecule has 7 heteroatoms. The summed E-state index contributed by atoms with van der Waals surface area (Å²) in [6.07, 6.45) is 0. The lowest BCUT2D eigenvalue weighted by Crippen LogP contribution is -2.13. The summed E-state index contributed by atoms with van der Waals surface area (Å²) in [5.74, 6) is -1.27. The van der Waals surface area contributed by atoms with Gasteiger partial charge in [-0.2, -0.15) is 4.39 Å². The molecular formula is C13H10FN3O3. The third-order valence-electron chi connectivity index (χ3n) is 2.49. The fourth-order valence-corrected chi connectivity index (χ4v) is 1.67. The van der Waals surface area contributed by atoms with Crippen molar-refractivity contribution in [3.8, 4) is 0 Å². The van der Waals surface area contributed by atoms with Gasteiger partial charge in [0.1, 0.15) is 5.82 Å². The standard InChI is InChI=1S/C13H10FN3O3/c1-8-5-9(7-10(6-8)17(19)20)13(18)16-12-4-2-3-11(14)15-12/h2-7H,1H3,(H,15,16,18). The van der Waals surface area contributed by atoms with Gasteiger partial charge in [-0.25, -0.2) is 4.98 Å². The van der Waals surface area contributed by atoms with E-state index >= 15 is 0 Å². The predicted molar refractivity (Wildman–Crippen MR) is 70.0 cm³/mol. The molecule has 0 bridgehead atoms. The van der Waals surface area contributed by atoms with E-state index in [9.17, 15) is 19.3 Å². The van der Waals surface area contributed by atoms with Gasteiger partial charge in [0.15, 0.2) is 0 Å². The van der Waals surface area contributed by atoms with Crippen molar-refractivity contribution in [3.63, 3.8) is 0 Å². The molecule has 2 rings (SSSR count). The second-order valence-corrected chi connectivity index (χ2v) is 4.11. The number of non-ortho nitro benzene ring substituents is 1. The van der Waals surface area contributed by atoms with Gasteiger partial charge < -0.3 is 5.32 Å². The van der Waals surface area contributed by atoms with Crippen LogP contribution in [0.25, 0.3) is 0 Å². The number of pyridine rings is 1. The summed E-state index contributed by atoms with van der Waals surface area (Å²) in [5, 5.41) is 13.1. The van der Waals surface area contributed by atoms with Crippen LogP contribution in [-0.4, -0.2) is 15.8 Å². The van der Waals surface area contributed by atoms with E-state index in [2.05, 4.69) is 10.3 Å². The Labute approximate surface area is 113 Å². The van der Waals surface area contributed by atoms with E-state index in [0.717, 1.165) is 12.1 Å². The molecule has 0 fully saturated rings. The van der Waals surface area contributed by atoms with Crippen LogP contribution in [0.2, 0.25) is 0 Å². The van der Waals surface area contributed by atoms with Crippen molar-refractivity contribution in [2.45, 2.75) is 6.92 Å². The van der Waals surface area contributed by atoms with Crippen molar-refractivity contribution in [3.05, 3.63) is 63.6 Å². The number of rotatable bonds is 3. The summed E-state index contributed by atoms with van der Waals surface area (Å²) in [4.78, 5) is 25.6. The van der Waals surface area contributed by atoms with Crippen LogP contribution >= 0.6 is 0 Å². The lowest BCUT2D eigenvalue weighted by molar-refractivity contribution is -0.384. The number of amides is 1. The zero-order valence-corrected chi connectivity index (χ0v) is 10.5. The summed E-state index contributed by atoms with van der Waals surface area (Å²) in [5.41, 5.74) is 0.515. The van der Waals surface area contributed by atoms with Crippen molar-refractivity contribution in [1.29, 1.82) is 0 Å². The van der Waals surface area contributed by atoms with Crippen LogP contribution < -0.4 is 5.32 Å². The first-order valence-corrected chi connectivity index (χ1v) is 5.66. The molecule has 1 heterocycles. The van der Waals surface area contributed by atoms with E-state index in [1.807, 2.05) is 0 Å². The Morgan fingerprint density at radius 2 is 2.10 bits per heavy atom. The van der Waals surface area contributed by atoms with Crippen LogP contribution in [0.15, 0.2) is 36.4 Å². The van der Waals surface area contributed by atoms with Crippen LogP contribution in [0.4, 0.5) is 15.9 Å². The Morgan fingerprint density at radius 1 is 1.35 bits per heavy atom. The number of nitrogens with one attached hydrogen (secondary N) is 1. The van der Waals surface area contributed by atoms with Crippen LogP contribution in [0.1, 0.15) is 15.9 Å². The molecule has 6 nitrogen and oxygen atoms in total. The maximum Gasteiger partial charge on any atom is 0.270 e. The lowest BCUT2D eigenvalue weighted by atomic mass is 10.1. The Kier molecular flexibility index (Phi) is 3.69. The molecule has 1 amide bonds. The number of anilines is 1. The van der Waals surface area contributed by atoms with Crippen LogP contribution in [0.3, 0.4) is 0 Å². The first-order chi connectivity index (χ1) is 9.45. The number of nitro groups is 1. The zero-order valence-electron chi connectivity index (χ0n) is 10.5. The maximum atomic E-state index is 12.9. The topological polar surface area (TPSA) is 85.1 Å². The molecule has 2 aromatic rings. The molecule has 1 N–H and O–H groups in total. The summed E-state index contributed by atoms with van der Waals surface area (Å²) in [7, 11) is 0. The molecule has 1 aromatic carbocycles. The highest BCUT2D eigenvalue weighted by Crippen LogP contribution is 2.17. The van der Waals surface area contributed by atoms with Crippen molar-refractivity contribution >= 4 is 17.4 Å². The largest absolute Gasteiger partial charge is 0.306 e. The summed E-state index contributed by atoms with van der Waals surface area (Å²) >= 11 is 0. The minimum atomic E-state index is -0.724. The van der Waals surface area contributed by atoms with Crippen LogP contribution in [0.5, 0.6) is 0 Å². The number of carbonyl (C=O) groups excluding carboxylic acids is 1. The van der Waals surface area contributed by atoms with Gasteiger partial charge in [0, 0.05) is 17.7 Å². The minimum Gasteiger partial charge on any atom is -0.306 e. The Bertz CT molecular complexity index is 688. The Balaban J connectivity index is 2.27. The van der Waals surface area contributed by atoms with Gasteiger partial charge >= 0.3 is 0 Å². The Morgan fingerprint density at radius 3 is 2.75 bits per heavy atom. The van der Waals surface area contributed by atoms with E-state index in [1.165, 1.54) is 24.3 Å². The van der Waals surface area contributed by atoms with E-state index in [4.69, 9.17) is 0 Å². The maximum absolute atomic E-state index is 12.9. The molecule has 0 aliphatic rings. The predicted octanol–water partition coefficient (Wildman–Crippen LogP) is 2.69. The fourth-order valence-electron chi connectivity index (χ4n) is 1.67. The van der Waals surface area contributed by atoms with Crippen LogP contribution in [-0.2, 0) is 0 Å². The van der Waals surface area contributed by atoms with Crippen molar-refractivity contribution in [2.75, 3.05) is 5.32 Å². The molecule has 0 aliphatic carbocycles. The number of benzene rings is 1. The SMILES string of the molecule is Cc1cc(C(=O)Nc2cccc(F)n2)cc([N+](=O)[O-])c1. The molecule has 0 unspecified atom stereocenters. The van der Waals surface area contributed by atoms with Gasteiger partial charge in [-0.3, -0.25) is 14.9 Å². The summed E-state index contributed by atoms with van der Waals surface area (Å²) in [6.45, 7) is 1.64. The van der Waals surface area contributed by atoms with Gasteiger partial charge in [-0.15, -0.1) is 0 Å². The van der Waals surface area contributed by atoms with Gasteiger partial charge in [-0.1, -0.05) is 6.07 Å². The second kappa shape index (κ2) is 5.43. The molecule has 0 saturated heterocycles. The molecule has 0 radical (unpaired) electrons. The number of nitrogens with zero attached hydrogens (tertiary/aromatic N) is 2. The second-order valence-electron chi connectivity index (χ2n) is 4.11. The van der Waals surface area contributed by atoms with Gasteiger partial charge in [0.05, 0.1) is 4.92 Å². The summed E-state index contributed by atoms with van der Waals surface area (Å²) in [6, 6.07) is 7.98. The highest BCUT2D eigenvalue weighted by atomic mass is 19.1. The normalized spacial score (nSPS) is 10.1. The minimum absolute atomic E-state index is 0.0409. The smallest absolute Gasteiger partial charge is 0.270 e. The number of hydrogen-bond acceptors (Lipinski definition) is 4. The number of carbonyl (C=O) groups is 1. The highest BCUT2D eigenvalue weighted by molar-refractivity contribution is 6.04. The highest BCUT2D eigenvalue weighted by Gasteiger charge is 2.14. The molecule has 102 valence electrons. The zero-order chi connectivity index (χ0) is 14.7. The molecule has 0 saturated carbocycles. The number of nitro benzene ring substituents is 1. The van der Waals surface area contributed by atoms with E-state index in [-0.39, 0.29) is 17.1 Å². The van der Waals surface area contributed by atoms with Crippen molar-refractivity contribution < 1.29 is 14.1 Å². The lowest BCUT2D eigenvalue weighted by Gasteiger charge is -2.05. The molecule has 0 aliphatic heterocycles. The fraction of sp³-hybridized carbons (Fsp3) is 0.0769. The van der Waals surface area contributed by atoms with E-state index in [1.54, 1.807) is 6.92 Å². The van der Waals surface area contributed by atoms with Gasteiger partial charge in [-0.05, 0) is 30.7 Å². The molecular weight excluding hydrogens is 265 g/mol.